The molecule has 1 saturated heterocycles. The van der Waals surface area contributed by atoms with Crippen molar-refractivity contribution >= 4 is 19.2 Å². The van der Waals surface area contributed by atoms with E-state index in [1.165, 1.54) is 12.1 Å². The zero-order valence-corrected chi connectivity index (χ0v) is 20.1. The van der Waals surface area contributed by atoms with Crippen LogP contribution in [0.4, 0.5) is 21.7 Å². The number of nitrogens with zero attached hydrogens (tertiary/aromatic N) is 3. The number of amides is 1. The summed E-state index contributed by atoms with van der Waals surface area (Å²) in [5.74, 6) is 0.465. The largest absolute Gasteiger partial charge is 0.673 e. The van der Waals surface area contributed by atoms with Gasteiger partial charge < -0.3 is 31.5 Å². The molecule has 2 heterocycles. The number of piperidine rings is 1. The van der Waals surface area contributed by atoms with E-state index in [2.05, 4.69) is 4.98 Å². The van der Waals surface area contributed by atoms with Crippen molar-refractivity contribution < 1.29 is 31.2 Å². The van der Waals surface area contributed by atoms with Crippen LogP contribution in [0.15, 0.2) is 60.6 Å². The lowest BCUT2D eigenvalue weighted by Crippen LogP contribution is -2.38. The van der Waals surface area contributed by atoms with Crippen LogP contribution in [0.3, 0.4) is 0 Å². The molecule has 1 aliphatic rings. The first-order chi connectivity index (χ1) is 17.0. The van der Waals surface area contributed by atoms with E-state index < -0.39 is 7.25 Å². The average molecular weight is 506 g/mol. The normalized spacial score (nSPS) is 15.9. The topological polar surface area (TPSA) is 47.4 Å². The molecule has 0 spiro atoms. The zero-order valence-electron chi connectivity index (χ0n) is 20.1. The molecule has 0 aliphatic carbocycles. The number of aromatic nitrogens is 2. The van der Waals surface area contributed by atoms with E-state index in [9.17, 15) is 26.4 Å². The molecule has 0 saturated carbocycles. The molecule has 1 fully saturated rings. The molecule has 1 amide bonds. The monoisotopic (exact) mass is 506 g/mol. The fraction of sp³-hybridized carbons (Fsp3) is 0.280. The molecule has 0 bridgehead atoms. The Labute approximate surface area is 206 Å². The van der Waals surface area contributed by atoms with E-state index in [1.807, 2.05) is 53.8 Å². The Bertz CT molecular complexity index is 1220. The molecule has 11 heteroatoms. The number of benzene rings is 2. The Morgan fingerprint density at radius 3 is 2.36 bits per heavy atom. The Morgan fingerprint density at radius 1 is 1.11 bits per heavy atom. The molecule has 5 nitrogen and oxygen atoms in total. The lowest BCUT2D eigenvalue weighted by Gasteiger charge is -2.34. The predicted octanol–water partition coefficient (Wildman–Crippen LogP) is 6.40. The van der Waals surface area contributed by atoms with E-state index in [-0.39, 0.29) is 17.8 Å². The summed E-state index contributed by atoms with van der Waals surface area (Å²) in [6.07, 6.45) is 7.26. The van der Waals surface area contributed by atoms with Gasteiger partial charge in [0.05, 0.1) is 30.9 Å². The Balaban J connectivity index is 0.000000658. The van der Waals surface area contributed by atoms with Crippen LogP contribution in [-0.2, 0) is 4.79 Å². The molecule has 1 aliphatic heterocycles. The van der Waals surface area contributed by atoms with Crippen molar-refractivity contribution in [2.45, 2.75) is 32.7 Å². The number of carbonyl (C=O) groups is 1. The van der Waals surface area contributed by atoms with E-state index in [0.717, 1.165) is 40.9 Å². The van der Waals surface area contributed by atoms with E-state index in [1.54, 1.807) is 25.6 Å². The number of carbonyl (C=O) groups excluding carboxylic acids is 1. The van der Waals surface area contributed by atoms with Crippen LogP contribution in [0.25, 0.3) is 11.8 Å². The van der Waals surface area contributed by atoms with Gasteiger partial charge >= 0.3 is 7.25 Å². The SMILES string of the molecule is COc1cc(/C=C2\CCCN([C@@H](C)c3ccc(F)cc3)C2=O)ccc1-n1cnc(C)c1.F[B-](F)(F)F. The molecule has 2 aromatic carbocycles. The third-order valence-corrected chi connectivity index (χ3v) is 5.74. The van der Waals surface area contributed by atoms with Gasteiger partial charge in [0.2, 0.25) is 5.91 Å². The molecule has 192 valence electrons. The quantitative estimate of drug-likeness (QED) is 0.229. The third-order valence-electron chi connectivity index (χ3n) is 5.74. The first-order valence-corrected chi connectivity index (χ1v) is 11.3. The van der Waals surface area contributed by atoms with E-state index in [0.29, 0.717) is 12.3 Å². The van der Waals surface area contributed by atoms with Crippen molar-refractivity contribution in [2.75, 3.05) is 13.7 Å². The van der Waals surface area contributed by atoms with Gasteiger partial charge in [-0.05, 0) is 68.2 Å². The number of methoxy groups -OCH3 is 1. The summed E-state index contributed by atoms with van der Waals surface area (Å²) < 4.78 is 59.8. The first kappa shape index (κ1) is 27.0. The molecular weight excluding hydrogens is 480 g/mol. The van der Waals surface area contributed by atoms with Crippen LogP contribution in [0.2, 0.25) is 0 Å². The summed E-state index contributed by atoms with van der Waals surface area (Å²) >= 11 is 0. The fourth-order valence-electron chi connectivity index (χ4n) is 4.01. The second kappa shape index (κ2) is 11.4. The van der Waals surface area contributed by atoms with Gasteiger partial charge in [0, 0.05) is 18.3 Å². The number of hydrogen-bond acceptors (Lipinski definition) is 3. The second-order valence-electron chi connectivity index (χ2n) is 8.35. The summed E-state index contributed by atoms with van der Waals surface area (Å²) in [5, 5.41) is 0. The second-order valence-corrected chi connectivity index (χ2v) is 8.35. The number of likely N-dealkylation sites (tertiary alicyclic amines) is 1. The van der Waals surface area contributed by atoms with Gasteiger partial charge in [-0.15, -0.1) is 0 Å². The van der Waals surface area contributed by atoms with Gasteiger partial charge in [0.1, 0.15) is 11.6 Å². The minimum absolute atomic E-state index is 0.0244. The highest BCUT2D eigenvalue weighted by molar-refractivity contribution is 6.50. The lowest BCUT2D eigenvalue weighted by atomic mass is 9.97. The highest BCUT2D eigenvalue weighted by Gasteiger charge is 2.28. The van der Waals surface area contributed by atoms with Gasteiger partial charge in [-0.2, -0.15) is 0 Å². The van der Waals surface area contributed by atoms with Crippen LogP contribution >= 0.6 is 0 Å². The van der Waals surface area contributed by atoms with Crippen molar-refractivity contribution in [2.24, 2.45) is 0 Å². The maximum absolute atomic E-state index is 13.3. The number of halogens is 5. The molecule has 4 rings (SSSR count). The highest BCUT2D eigenvalue weighted by Crippen LogP contribution is 2.30. The zero-order chi connectivity index (χ0) is 26.5. The van der Waals surface area contributed by atoms with Crippen molar-refractivity contribution in [3.05, 3.63) is 83.2 Å². The van der Waals surface area contributed by atoms with E-state index >= 15 is 0 Å². The molecule has 0 N–H and O–H groups in total. The van der Waals surface area contributed by atoms with Crippen LogP contribution in [-0.4, -0.2) is 41.3 Å². The van der Waals surface area contributed by atoms with Crippen molar-refractivity contribution in [1.29, 1.82) is 0 Å². The van der Waals surface area contributed by atoms with Gasteiger partial charge in [-0.1, -0.05) is 18.2 Å². The summed E-state index contributed by atoms with van der Waals surface area (Å²) in [5.41, 5.74) is 4.44. The summed E-state index contributed by atoms with van der Waals surface area (Å²) in [6, 6.07) is 12.1. The predicted molar refractivity (Wildman–Crippen MR) is 129 cm³/mol. The van der Waals surface area contributed by atoms with Crippen LogP contribution in [0.1, 0.15) is 42.6 Å². The lowest BCUT2D eigenvalue weighted by molar-refractivity contribution is -0.130. The molecule has 3 aromatic rings. The molecule has 1 atom stereocenters. The van der Waals surface area contributed by atoms with Crippen molar-refractivity contribution in [1.82, 2.24) is 14.5 Å². The third kappa shape index (κ3) is 7.19. The van der Waals surface area contributed by atoms with Crippen molar-refractivity contribution in [3.63, 3.8) is 0 Å². The molecule has 0 unspecified atom stereocenters. The summed E-state index contributed by atoms with van der Waals surface area (Å²) in [7, 11) is -4.36. The van der Waals surface area contributed by atoms with Gasteiger partial charge in [-0.25, -0.2) is 9.37 Å². The molecular formula is C25H26BF5N3O2-. The summed E-state index contributed by atoms with van der Waals surface area (Å²) in [6.45, 7) is 4.62. The average Bonchev–Trinajstić information content (AvgIpc) is 3.25. The summed E-state index contributed by atoms with van der Waals surface area (Å²) in [4.78, 5) is 19.3. The standard InChI is InChI=1S/C25H26FN3O2.BF4/c1-17-15-28(16-27-17)23-11-6-19(14-24(23)31-3)13-21-5-4-12-29(25(21)30)18(2)20-7-9-22(26)10-8-20;2-1(3,4)5/h6-11,13-16,18H,4-5,12H2,1-3H3;/q;-1/b21-13+;/t18-;/m0./s1. The number of imidazole rings is 1. The van der Waals surface area contributed by atoms with Crippen LogP contribution in [0, 0.1) is 12.7 Å². The fourth-order valence-corrected chi connectivity index (χ4v) is 4.01. The smallest absolute Gasteiger partial charge is 0.495 e. The Kier molecular flexibility index (Phi) is 8.55. The highest BCUT2D eigenvalue weighted by atomic mass is 19.5. The molecule has 0 radical (unpaired) electrons. The van der Waals surface area contributed by atoms with Crippen molar-refractivity contribution in [3.8, 4) is 11.4 Å². The minimum atomic E-state index is -6.00. The Hall–Kier alpha value is -3.63. The van der Waals surface area contributed by atoms with Gasteiger partial charge in [0.15, 0.2) is 0 Å². The van der Waals surface area contributed by atoms with Crippen LogP contribution < -0.4 is 4.74 Å². The Morgan fingerprint density at radius 2 is 1.78 bits per heavy atom. The number of hydrogen-bond donors (Lipinski definition) is 0. The van der Waals surface area contributed by atoms with Crippen LogP contribution in [0.5, 0.6) is 5.75 Å². The minimum Gasteiger partial charge on any atom is -0.495 e. The first-order valence-electron chi connectivity index (χ1n) is 11.3. The number of rotatable bonds is 5. The number of aryl methyl sites for hydroxylation is 1. The molecule has 36 heavy (non-hydrogen) atoms. The van der Waals surface area contributed by atoms with Gasteiger partial charge in [0.25, 0.3) is 0 Å². The van der Waals surface area contributed by atoms with E-state index in [4.69, 9.17) is 4.74 Å². The molecule has 1 aromatic heterocycles. The van der Waals surface area contributed by atoms with Gasteiger partial charge in [-0.3, -0.25) is 4.79 Å². The maximum atomic E-state index is 13.3. The maximum Gasteiger partial charge on any atom is 0.673 e. The number of ether oxygens (including phenoxy) is 1.